The summed E-state index contributed by atoms with van der Waals surface area (Å²) in [6, 6.07) is 3.98. The smallest absolute Gasteiger partial charge is 0.228 e. The van der Waals surface area contributed by atoms with E-state index in [0.29, 0.717) is 17.3 Å². The van der Waals surface area contributed by atoms with Crippen molar-refractivity contribution in [3.63, 3.8) is 0 Å². The van der Waals surface area contributed by atoms with Gasteiger partial charge >= 0.3 is 0 Å². The monoisotopic (exact) mass is 474 g/mol. The predicted octanol–water partition coefficient (Wildman–Crippen LogP) is 4.26. The molecule has 4 N–H and O–H groups in total. The first-order valence-electron chi connectivity index (χ1n) is 11.9. The third-order valence-electron chi connectivity index (χ3n) is 6.82. The summed E-state index contributed by atoms with van der Waals surface area (Å²) in [4.78, 5) is 17.3. The minimum atomic E-state index is -0.585. The Morgan fingerprint density at radius 2 is 2.00 bits per heavy atom. The van der Waals surface area contributed by atoms with Crippen LogP contribution in [0.3, 0.4) is 0 Å². The number of anilines is 1. The Kier molecular flexibility index (Phi) is 6.87. The number of rotatable bonds is 6. The maximum Gasteiger partial charge on any atom is 0.228 e. The molecule has 1 aliphatic heterocycles. The summed E-state index contributed by atoms with van der Waals surface area (Å²) in [5, 5.41) is 26.6. The van der Waals surface area contributed by atoms with Crippen LogP contribution in [-0.4, -0.2) is 37.9 Å². The highest BCUT2D eigenvalue weighted by molar-refractivity contribution is 6.33. The van der Waals surface area contributed by atoms with Gasteiger partial charge in [0.2, 0.25) is 5.91 Å². The van der Waals surface area contributed by atoms with Crippen LogP contribution in [0.4, 0.5) is 5.82 Å². The molecule has 4 rings (SSSR count). The SMILES string of the molecule is CC(O)N[C@@H]1CCC[C@H](C(=O)Nc2cc(-c3cc(C(C)O)n4c3CC(C)(C)C4)c(Cl)cn2)C1. The maximum absolute atomic E-state index is 13.0. The quantitative estimate of drug-likeness (QED) is 0.469. The number of fused-ring (bicyclic) bond motifs is 1. The molecule has 33 heavy (non-hydrogen) atoms. The number of aliphatic hydroxyl groups excluding tert-OH is 2. The largest absolute Gasteiger partial charge is 0.387 e. The van der Waals surface area contributed by atoms with Gasteiger partial charge in [-0.25, -0.2) is 4.98 Å². The number of pyridine rings is 1. The van der Waals surface area contributed by atoms with E-state index >= 15 is 0 Å². The molecule has 1 aliphatic carbocycles. The molecule has 180 valence electrons. The molecular formula is C25H35ClN4O3. The van der Waals surface area contributed by atoms with Crippen LogP contribution < -0.4 is 10.6 Å². The maximum atomic E-state index is 13.0. The second-order valence-corrected chi connectivity index (χ2v) is 10.9. The van der Waals surface area contributed by atoms with Gasteiger partial charge in [-0.15, -0.1) is 0 Å². The van der Waals surface area contributed by atoms with Gasteiger partial charge in [-0.3, -0.25) is 10.1 Å². The van der Waals surface area contributed by atoms with E-state index < -0.39 is 12.3 Å². The molecule has 2 unspecified atom stereocenters. The molecule has 8 heteroatoms. The molecule has 2 aromatic rings. The second kappa shape index (κ2) is 9.37. The van der Waals surface area contributed by atoms with E-state index in [1.165, 1.54) is 0 Å². The van der Waals surface area contributed by atoms with E-state index in [-0.39, 0.29) is 23.3 Å². The number of hydrogen-bond acceptors (Lipinski definition) is 5. The van der Waals surface area contributed by atoms with Crippen molar-refractivity contribution in [1.82, 2.24) is 14.9 Å². The van der Waals surface area contributed by atoms with Crippen molar-refractivity contribution < 1.29 is 15.0 Å². The van der Waals surface area contributed by atoms with Crippen LogP contribution in [0.5, 0.6) is 0 Å². The molecule has 2 aromatic heterocycles. The third-order valence-corrected chi connectivity index (χ3v) is 7.12. The van der Waals surface area contributed by atoms with Crippen molar-refractivity contribution in [3.05, 3.63) is 34.7 Å². The molecule has 1 amide bonds. The van der Waals surface area contributed by atoms with Gasteiger partial charge in [0.15, 0.2) is 0 Å². The lowest BCUT2D eigenvalue weighted by Gasteiger charge is -2.30. The molecule has 0 aromatic carbocycles. The molecule has 2 aliphatic rings. The molecule has 4 atom stereocenters. The second-order valence-electron chi connectivity index (χ2n) is 10.5. The zero-order valence-corrected chi connectivity index (χ0v) is 20.6. The summed E-state index contributed by atoms with van der Waals surface area (Å²) < 4.78 is 2.20. The number of hydrogen-bond donors (Lipinski definition) is 4. The van der Waals surface area contributed by atoms with Gasteiger partial charge in [0.05, 0.1) is 11.1 Å². The van der Waals surface area contributed by atoms with Crippen molar-refractivity contribution in [2.24, 2.45) is 11.3 Å². The summed E-state index contributed by atoms with van der Waals surface area (Å²) in [5.74, 6) is 0.291. The Balaban J connectivity index is 1.57. The van der Waals surface area contributed by atoms with Crippen molar-refractivity contribution >= 4 is 23.3 Å². The molecular weight excluding hydrogens is 440 g/mol. The van der Waals surface area contributed by atoms with E-state index in [2.05, 4.69) is 34.0 Å². The predicted molar refractivity (Wildman–Crippen MR) is 130 cm³/mol. The van der Waals surface area contributed by atoms with Crippen LogP contribution in [-0.2, 0) is 17.8 Å². The van der Waals surface area contributed by atoms with Crippen LogP contribution >= 0.6 is 11.6 Å². The molecule has 0 saturated heterocycles. The lowest BCUT2D eigenvalue weighted by Crippen LogP contribution is -2.42. The molecule has 0 radical (unpaired) electrons. The number of halogens is 1. The average molecular weight is 475 g/mol. The highest BCUT2D eigenvalue weighted by atomic mass is 35.5. The summed E-state index contributed by atoms with van der Waals surface area (Å²) in [7, 11) is 0. The van der Waals surface area contributed by atoms with E-state index in [4.69, 9.17) is 11.6 Å². The lowest BCUT2D eigenvalue weighted by molar-refractivity contribution is -0.121. The number of amides is 1. The van der Waals surface area contributed by atoms with E-state index in [0.717, 1.165) is 54.7 Å². The van der Waals surface area contributed by atoms with E-state index in [1.54, 1.807) is 20.0 Å². The Labute approximate surface area is 200 Å². The average Bonchev–Trinajstić information content (AvgIpc) is 3.22. The fourth-order valence-electron chi connectivity index (χ4n) is 5.37. The lowest BCUT2D eigenvalue weighted by atomic mass is 9.85. The standard InChI is InChI=1S/C25H35ClN4O3/c1-14(31)21-9-19(22-11-25(3,4)13-30(21)22)18-10-23(27-12-20(18)26)29-24(33)16-6-5-7-17(8-16)28-15(2)32/h9-10,12,14-17,28,31-32H,5-8,11,13H2,1-4H3,(H,27,29,33)/t14?,15?,16-,17+/m0/s1. The number of nitrogens with one attached hydrogen (secondary N) is 2. The topological polar surface area (TPSA) is 99.4 Å². The van der Waals surface area contributed by atoms with Gasteiger partial charge in [0, 0.05) is 47.2 Å². The van der Waals surface area contributed by atoms with Crippen molar-refractivity contribution in [2.45, 2.75) is 84.7 Å². The minimum absolute atomic E-state index is 0.0548. The summed E-state index contributed by atoms with van der Waals surface area (Å²) in [6.45, 7) is 8.77. The molecule has 1 saturated carbocycles. The number of carbonyl (C=O) groups is 1. The zero-order chi connectivity index (χ0) is 23.9. The number of aliphatic hydroxyl groups is 2. The number of carbonyl (C=O) groups excluding carboxylic acids is 1. The van der Waals surface area contributed by atoms with Crippen molar-refractivity contribution in [1.29, 1.82) is 0 Å². The molecule has 0 bridgehead atoms. The normalized spacial score (nSPS) is 23.7. The third kappa shape index (κ3) is 5.27. The molecule has 3 heterocycles. The fourth-order valence-corrected chi connectivity index (χ4v) is 5.57. The number of nitrogens with zero attached hydrogens (tertiary/aromatic N) is 2. The van der Waals surface area contributed by atoms with Crippen molar-refractivity contribution in [3.8, 4) is 11.1 Å². The van der Waals surface area contributed by atoms with Crippen LogP contribution in [0.15, 0.2) is 18.3 Å². The minimum Gasteiger partial charge on any atom is -0.387 e. The van der Waals surface area contributed by atoms with Gasteiger partial charge in [0.1, 0.15) is 12.0 Å². The van der Waals surface area contributed by atoms with E-state index in [1.807, 2.05) is 12.1 Å². The Hall–Kier alpha value is -1.93. The van der Waals surface area contributed by atoms with Gasteiger partial charge < -0.3 is 20.1 Å². The van der Waals surface area contributed by atoms with Crippen LogP contribution in [0, 0.1) is 11.3 Å². The summed E-state index contributed by atoms with van der Waals surface area (Å²) in [6.07, 6.45) is 4.71. The van der Waals surface area contributed by atoms with Gasteiger partial charge in [0.25, 0.3) is 0 Å². The molecule has 0 spiro atoms. The summed E-state index contributed by atoms with van der Waals surface area (Å²) >= 11 is 6.57. The van der Waals surface area contributed by atoms with Gasteiger partial charge in [-0.05, 0) is 57.1 Å². The van der Waals surface area contributed by atoms with E-state index in [9.17, 15) is 15.0 Å². The first-order valence-corrected chi connectivity index (χ1v) is 12.2. The fraction of sp³-hybridized carbons (Fsp3) is 0.600. The van der Waals surface area contributed by atoms with Gasteiger partial charge in [-0.2, -0.15) is 0 Å². The summed E-state index contributed by atoms with van der Waals surface area (Å²) in [5.41, 5.74) is 3.93. The van der Waals surface area contributed by atoms with Gasteiger partial charge in [-0.1, -0.05) is 31.9 Å². The number of aromatic nitrogens is 2. The van der Waals surface area contributed by atoms with Crippen LogP contribution in [0.25, 0.3) is 11.1 Å². The highest BCUT2D eigenvalue weighted by Gasteiger charge is 2.34. The van der Waals surface area contributed by atoms with Crippen LogP contribution in [0.2, 0.25) is 5.02 Å². The molecule has 7 nitrogen and oxygen atoms in total. The van der Waals surface area contributed by atoms with Crippen LogP contribution in [0.1, 0.15) is 70.9 Å². The first-order chi connectivity index (χ1) is 15.5. The first kappa shape index (κ1) is 24.2. The molecule has 1 fully saturated rings. The Bertz CT molecular complexity index is 1030. The zero-order valence-electron chi connectivity index (χ0n) is 19.9. The Morgan fingerprint density at radius 3 is 2.70 bits per heavy atom. The van der Waals surface area contributed by atoms with Crippen molar-refractivity contribution in [2.75, 3.05) is 5.32 Å². The Morgan fingerprint density at radius 1 is 1.24 bits per heavy atom. The highest BCUT2D eigenvalue weighted by Crippen LogP contribution is 2.43.